The topological polar surface area (TPSA) is 82.2 Å². The molecular weight excluding hydrogens is 516 g/mol. The van der Waals surface area contributed by atoms with Crippen LogP contribution >= 0.6 is 11.6 Å². The van der Waals surface area contributed by atoms with Crippen LogP contribution in [0.25, 0.3) is 0 Å². The molecule has 202 valence electrons. The predicted octanol–water partition coefficient (Wildman–Crippen LogP) is 4.16. The second kappa shape index (κ2) is 11.9. The minimum atomic E-state index is -0.820. The van der Waals surface area contributed by atoms with Crippen LogP contribution in [0.4, 0.5) is 11.4 Å². The third kappa shape index (κ3) is 6.08. The zero-order valence-corrected chi connectivity index (χ0v) is 22.3. The van der Waals surface area contributed by atoms with Crippen LogP contribution in [0.1, 0.15) is 18.4 Å². The van der Waals surface area contributed by atoms with Crippen molar-refractivity contribution in [3.63, 3.8) is 0 Å². The van der Waals surface area contributed by atoms with Gasteiger partial charge in [0.2, 0.25) is 11.8 Å². The van der Waals surface area contributed by atoms with Gasteiger partial charge in [0.15, 0.2) is 0 Å². The molecule has 3 aromatic rings. The highest BCUT2D eigenvalue weighted by molar-refractivity contribution is 6.30. The van der Waals surface area contributed by atoms with Crippen molar-refractivity contribution in [3.05, 3.63) is 95.5 Å². The SMILES string of the molecule is O=C(CN1CN(c2ccccc2)C2(CCN(C(=O)COCc3ccccc3)CC2)C1=O)Nc1cccc(Cl)c1. The molecule has 2 fully saturated rings. The summed E-state index contributed by atoms with van der Waals surface area (Å²) in [5.41, 5.74) is 1.68. The summed E-state index contributed by atoms with van der Waals surface area (Å²) in [5, 5.41) is 3.35. The Bertz CT molecular complexity index is 1310. The van der Waals surface area contributed by atoms with Gasteiger partial charge in [-0.1, -0.05) is 66.2 Å². The van der Waals surface area contributed by atoms with Crippen LogP contribution in [0.2, 0.25) is 5.02 Å². The molecule has 2 aliphatic rings. The highest BCUT2D eigenvalue weighted by Gasteiger charge is 2.54. The summed E-state index contributed by atoms with van der Waals surface area (Å²) in [6.07, 6.45) is 0.940. The number of anilines is 2. The van der Waals surface area contributed by atoms with Gasteiger partial charge in [0, 0.05) is 29.5 Å². The van der Waals surface area contributed by atoms with E-state index in [0.717, 1.165) is 11.3 Å². The molecule has 1 spiro atoms. The molecule has 0 radical (unpaired) electrons. The maximum absolute atomic E-state index is 13.9. The Labute approximate surface area is 233 Å². The van der Waals surface area contributed by atoms with Gasteiger partial charge in [-0.15, -0.1) is 0 Å². The third-order valence-corrected chi connectivity index (χ3v) is 7.54. The van der Waals surface area contributed by atoms with Gasteiger partial charge >= 0.3 is 0 Å². The lowest BCUT2D eigenvalue weighted by atomic mass is 9.85. The van der Waals surface area contributed by atoms with E-state index < -0.39 is 5.54 Å². The zero-order valence-electron chi connectivity index (χ0n) is 21.6. The van der Waals surface area contributed by atoms with Crippen molar-refractivity contribution in [1.82, 2.24) is 9.80 Å². The lowest BCUT2D eigenvalue weighted by Crippen LogP contribution is -2.57. The van der Waals surface area contributed by atoms with E-state index in [0.29, 0.717) is 49.9 Å². The van der Waals surface area contributed by atoms with E-state index in [9.17, 15) is 14.4 Å². The Balaban J connectivity index is 1.24. The monoisotopic (exact) mass is 546 g/mol. The number of piperidine rings is 1. The number of rotatable bonds is 8. The summed E-state index contributed by atoms with van der Waals surface area (Å²) in [4.78, 5) is 45.0. The van der Waals surface area contributed by atoms with E-state index in [-0.39, 0.29) is 30.9 Å². The number of hydrogen-bond donors (Lipinski definition) is 1. The molecule has 0 bridgehead atoms. The maximum Gasteiger partial charge on any atom is 0.250 e. The number of benzene rings is 3. The molecule has 0 aliphatic carbocycles. The first-order valence-corrected chi connectivity index (χ1v) is 13.4. The summed E-state index contributed by atoms with van der Waals surface area (Å²) in [5.74, 6) is -0.478. The highest BCUT2D eigenvalue weighted by atomic mass is 35.5. The molecule has 9 heteroatoms. The standard InChI is InChI=1S/C30H31ClN4O4/c31-24-10-7-11-25(18-24)32-27(36)19-34-22-35(26-12-5-2-6-13-26)30(29(34)38)14-16-33(17-15-30)28(37)21-39-20-23-8-3-1-4-9-23/h1-13,18H,14-17,19-22H2,(H,32,36). The summed E-state index contributed by atoms with van der Waals surface area (Å²) in [6, 6.07) is 26.4. The Morgan fingerprint density at radius 2 is 1.62 bits per heavy atom. The molecule has 5 rings (SSSR count). The van der Waals surface area contributed by atoms with Crippen molar-refractivity contribution >= 4 is 40.7 Å². The van der Waals surface area contributed by atoms with Gasteiger partial charge in [0.1, 0.15) is 18.7 Å². The molecule has 3 amide bonds. The Kier molecular flexibility index (Phi) is 8.14. The molecule has 8 nitrogen and oxygen atoms in total. The average molecular weight is 547 g/mol. The number of carbonyl (C=O) groups is 3. The smallest absolute Gasteiger partial charge is 0.250 e. The highest BCUT2D eigenvalue weighted by Crippen LogP contribution is 2.39. The number of halogens is 1. The zero-order chi connectivity index (χ0) is 27.2. The minimum Gasteiger partial charge on any atom is -0.367 e. The van der Waals surface area contributed by atoms with Crippen LogP contribution in [0.3, 0.4) is 0 Å². The summed E-state index contributed by atoms with van der Waals surface area (Å²) < 4.78 is 5.65. The molecule has 1 N–H and O–H groups in total. The van der Waals surface area contributed by atoms with E-state index in [1.54, 1.807) is 34.1 Å². The van der Waals surface area contributed by atoms with Gasteiger partial charge < -0.3 is 24.8 Å². The number of likely N-dealkylation sites (tertiary alicyclic amines) is 1. The number of hydrogen-bond acceptors (Lipinski definition) is 5. The van der Waals surface area contributed by atoms with E-state index in [1.807, 2.05) is 60.7 Å². The lowest BCUT2D eigenvalue weighted by molar-refractivity contribution is -0.142. The molecule has 0 unspecified atom stereocenters. The van der Waals surface area contributed by atoms with Gasteiger partial charge in [0.25, 0.3) is 5.91 Å². The number of carbonyl (C=O) groups excluding carboxylic acids is 3. The maximum atomic E-state index is 13.9. The summed E-state index contributed by atoms with van der Waals surface area (Å²) >= 11 is 6.04. The largest absolute Gasteiger partial charge is 0.367 e. The van der Waals surface area contributed by atoms with Crippen LogP contribution in [0.5, 0.6) is 0 Å². The first-order chi connectivity index (χ1) is 18.9. The fourth-order valence-electron chi connectivity index (χ4n) is 5.31. The quantitative estimate of drug-likeness (QED) is 0.459. The van der Waals surface area contributed by atoms with Crippen molar-refractivity contribution < 1.29 is 19.1 Å². The third-order valence-electron chi connectivity index (χ3n) is 7.31. The molecule has 3 aromatic carbocycles. The van der Waals surface area contributed by atoms with Gasteiger partial charge in [-0.3, -0.25) is 14.4 Å². The van der Waals surface area contributed by atoms with Crippen LogP contribution in [0, 0.1) is 0 Å². The molecule has 0 saturated carbocycles. The number of amides is 3. The van der Waals surface area contributed by atoms with E-state index in [1.165, 1.54) is 0 Å². The Morgan fingerprint density at radius 1 is 0.923 bits per heavy atom. The van der Waals surface area contributed by atoms with Crippen LogP contribution in [-0.4, -0.2) is 66.0 Å². The molecule has 0 aromatic heterocycles. The summed E-state index contributed by atoms with van der Waals surface area (Å²) in [6.45, 7) is 1.45. The lowest BCUT2D eigenvalue weighted by Gasteiger charge is -2.43. The van der Waals surface area contributed by atoms with Crippen molar-refractivity contribution in [2.75, 3.05) is 43.1 Å². The normalized spacial score (nSPS) is 16.5. The van der Waals surface area contributed by atoms with Crippen LogP contribution in [0.15, 0.2) is 84.9 Å². The van der Waals surface area contributed by atoms with Gasteiger partial charge in [-0.05, 0) is 48.7 Å². The Hall–Kier alpha value is -3.88. The van der Waals surface area contributed by atoms with Crippen molar-refractivity contribution in [3.8, 4) is 0 Å². The van der Waals surface area contributed by atoms with Crippen molar-refractivity contribution in [1.29, 1.82) is 0 Å². The second-order valence-corrected chi connectivity index (χ2v) is 10.3. The number of para-hydroxylation sites is 1. The van der Waals surface area contributed by atoms with Gasteiger partial charge in [-0.2, -0.15) is 0 Å². The number of ether oxygens (including phenoxy) is 1. The van der Waals surface area contributed by atoms with Crippen LogP contribution < -0.4 is 10.2 Å². The number of nitrogens with zero attached hydrogens (tertiary/aromatic N) is 3. The van der Waals surface area contributed by atoms with Crippen LogP contribution in [-0.2, 0) is 25.7 Å². The second-order valence-electron chi connectivity index (χ2n) is 9.86. The molecular formula is C30H31ClN4O4. The number of nitrogens with one attached hydrogen (secondary N) is 1. The molecule has 2 aliphatic heterocycles. The van der Waals surface area contributed by atoms with E-state index in [2.05, 4.69) is 10.2 Å². The van der Waals surface area contributed by atoms with E-state index >= 15 is 0 Å². The molecule has 39 heavy (non-hydrogen) atoms. The summed E-state index contributed by atoms with van der Waals surface area (Å²) in [7, 11) is 0. The van der Waals surface area contributed by atoms with Crippen molar-refractivity contribution in [2.45, 2.75) is 25.0 Å². The molecule has 0 atom stereocenters. The van der Waals surface area contributed by atoms with Gasteiger partial charge in [-0.25, -0.2) is 0 Å². The molecule has 2 heterocycles. The Morgan fingerprint density at radius 3 is 2.31 bits per heavy atom. The molecule has 2 saturated heterocycles. The fraction of sp³-hybridized carbons (Fsp3) is 0.300. The fourth-order valence-corrected chi connectivity index (χ4v) is 5.50. The van der Waals surface area contributed by atoms with E-state index in [4.69, 9.17) is 16.3 Å². The predicted molar refractivity (Wildman–Crippen MR) is 150 cm³/mol. The first kappa shape index (κ1) is 26.7. The first-order valence-electron chi connectivity index (χ1n) is 13.0. The minimum absolute atomic E-state index is 0.00591. The average Bonchev–Trinajstić information content (AvgIpc) is 3.20. The van der Waals surface area contributed by atoms with Gasteiger partial charge in [0.05, 0.1) is 13.3 Å². The van der Waals surface area contributed by atoms with Crippen molar-refractivity contribution in [2.24, 2.45) is 0 Å².